The highest BCUT2D eigenvalue weighted by molar-refractivity contribution is 5.32. The van der Waals surface area contributed by atoms with E-state index in [1.165, 1.54) is 0 Å². The number of hydrogen-bond acceptors (Lipinski definition) is 4. The van der Waals surface area contributed by atoms with Gasteiger partial charge in [-0.3, -0.25) is 4.57 Å². The van der Waals surface area contributed by atoms with Crippen LogP contribution < -0.4 is 5.32 Å². The molecular formula is C12H14N4O. The molecule has 17 heavy (non-hydrogen) atoms. The third-order valence-corrected chi connectivity index (χ3v) is 3.03. The number of aromatic nitrogens is 3. The Balaban J connectivity index is 1.95. The molecule has 5 nitrogen and oxygen atoms in total. The molecule has 0 bridgehead atoms. The van der Waals surface area contributed by atoms with Crippen LogP contribution in [0.5, 0.6) is 0 Å². The summed E-state index contributed by atoms with van der Waals surface area (Å²) in [6, 6.07) is 10.0. The highest BCUT2D eigenvalue weighted by atomic mass is 16.3. The number of hydrogen-bond donors (Lipinski definition) is 2. The van der Waals surface area contributed by atoms with Gasteiger partial charge in [0.25, 0.3) is 0 Å². The normalized spacial score (nSPS) is 24.1. The zero-order valence-corrected chi connectivity index (χ0v) is 9.32. The fraction of sp³-hybridized carbons (Fsp3) is 0.333. The highest BCUT2D eigenvalue weighted by Crippen LogP contribution is 2.23. The van der Waals surface area contributed by atoms with Crippen molar-refractivity contribution in [3.63, 3.8) is 0 Å². The number of nitrogens with one attached hydrogen (secondary N) is 1. The zero-order chi connectivity index (χ0) is 11.7. The third-order valence-electron chi connectivity index (χ3n) is 3.03. The minimum atomic E-state index is -0.291. The first-order valence-corrected chi connectivity index (χ1v) is 5.71. The van der Waals surface area contributed by atoms with Crippen molar-refractivity contribution in [3.8, 4) is 5.69 Å². The van der Waals surface area contributed by atoms with E-state index in [0.29, 0.717) is 13.0 Å². The maximum atomic E-state index is 9.54. The first-order valence-electron chi connectivity index (χ1n) is 5.71. The number of rotatable bonds is 2. The lowest BCUT2D eigenvalue weighted by Gasteiger charge is -2.11. The maximum Gasteiger partial charge on any atom is 0.154 e. The van der Waals surface area contributed by atoms with Crippen LogP contribution in [0.1, 0.15) is 18.3 Å². The summed E-state index contributed by atoms with van der Waals surface area (Å²) in [6.07, 6.45) is 2.10. The summed E-state index contributed by atoms with van der Waals surface area (Å²) < 4.78 is 1.95. The Bertz CT molecular complexity index is 496. The van der Waals surface area contributed by atoms with Crippen molar-refractivity contribution < 1.29 is 5.11 Å². The number of β-amino-alcohol motifs (C(OH)–C–C–N with tert-alkyl or cyclic N) is 1. The van der Waals surface area contributed by atoms with Gasteiger partial charge in [0.15, 0.2) is 5.82 Å². The van der Waals surface area contributed by atoms with Crippen LogP contribution in [-0.4, -0.2) is 32.5 Å². The van der Waals surface area contributed by atoms with Gasteiger partial charge in [-0.15, -0.1) is 10.2 Å². The molecule has 1 fully saturated rings. The number of aliphatic hydroxyl groups excluding tert-OH is 1. The quantitative estimate of drug-likeness (QED) is 0.795. The average molecular weight is 230 g/mol. The smallest absolute Gasteiger partial charge is 0.154 e. The summed E-state index contributed by atoms with van der Waals surface area (Å²) in [5.74, 6) is 0.854. The Hall–Kier alpha value is -1.72. The number of nitrogens with zero attached hydrogens (tertiary/aromatic N) is 3. The van der Waals surface area contributed by atoms with E-state index in [9.17, 15) is 5.11 Å². The van der Waals surface area contributed by atoms with Crippen LogP contribution in [0.4, 0.5) is 0 Å². The predicted molar refractivity (Wildman–Crippen MR) is 62.7 cm³/mol. The third kappa shape index (κ3) is 1.94. The molecule has 1 aromatic carbocycles. The molecule has 1 aliphatic heterocycles. The van der Waals surface area contributed by atoms with Gasteiger partial charge in [0.2, 0.25) is 0 Å². The molecule has 88 valence electrons. The van der Waals surface area contributed by atoms with E-state index in [1.807, 2.05) is 34.9 Å². The van der Waals surface area contributed by atoms with E-state index in [2.05, 4.69) is 15.5 Å². The summed E-state index contributed by atoms with van der Waals surface area (Å²) >= 11 is 0. The summed E-state index contributed by atoms with van der Waals surface area (Å²) in [7, 11) is 0. The molecule has 2 atom stereocenters. The van der Waals surface area contributed by atoms with E-state index < -0.39 is 0 Å². The second-order valence-electron chi connectivity index (χ2n) is 4.25. The summed E-state index contributed by atoms with van der Waals surface area (Å²) in [6.45, 7) is 0.617. The first-order chi connectivity index (χ1) is 8.34. The average Bonchev–Trinajstić information content (AvgIpc) is 2.98. The summed E-state index contributed by atoms with van der Waals surface area (Å²) in [5, 5.41) is 20.9. The molecule has 1 aliphatic rings. The van der Waals surface area contributed by atoms with Gasteiger partial charge in [-0.25, -0.2) is 0 Å². The van der Waals surface area contributed by atoms with Crippen LogP contribution in [0, 0.1) is 0 Å². The van der Waals surface area contributed by atoms with Crippen molar-refractivity contribution >= 4 is 0 Å². The van der Waals surface area contributed by atoms with Crippen LogP contribution in [0.2, 0.25) is 0 Å². The molecule has 2 unspecified atom stereocenters. The van der Waals surface area contributed by atoms with Gasteiger partial charge in [-0.05, 0) is 18.6 Å². The molecule has 5 heteroatoms. The van der Waals surface area contributed by atoms with Crippen LogP contribution in [0.15, 0.2) is 36.7 Å². The fourth-order valence-corrected chi connectivity index (χ4v) is 2.18. The van der Waals surface area contributed by atoms with Crippen LogP contribution in [0.25, 0.3) is 5.69 Å². The van der Waals surface area contributed by atoms with Crippen molar-refractivity contribution in [2.45, 2.75) is 18.6 Å². The van der Waals surface area contributed by atoms with Gasteiger partial charge in [0, 0.05) is 12.2 Å². The van der Waals surface area contributed by atoms with Gasteiger partial charge < -0.3 is 10.4 Å². The molecule has 0 saturated carbocycles. The van der Waals surface area contributed by atoms with Gasteiger partial charge in [-0.1, -0.05) is 18.2 Å². The Kier molecular flexibility index (Phi) is 2.62. The van der Waals surface area contributed by atoms with Crippen LogP contribution in [-0.2, 0) is 0 Å². The summed E-state index contributed by atoms with van der Waals surface area (Å²) in [5.41, 5.74) is 1.04. The molecule has 2 N–H and O–H groups in total. The van der Waals surface area contributed by atoms with Crippen molar-refractivity contribution in [2.75, 3.05) is 6.54 Å². The second-order valence-corrected chi connectivity index (χ2v) is 4.25. The van der Waals surface area contributed by atoms with E-state index in [0.717, 1.165) is 11.5 Å². The minimum Gasteiger partial charge on any atom is -0.392 e. The number of para-hydroxylation sites is 1. The van der Waals surface area contributed by atoms with E-state index in [4.69, 9.17) is 0 Å². The van der Waals surface area contributed by atoms with Gasteiger partial charge >= 0.3 is 0 Å². The number of benzene rings is 1. The van der Waals surface area contributed by atoms with E-state index >= 15 is 0 Å². The van der Waals surface area contributed by atoms with Crippen LogP contribution >= 0.6 is 0 Å². The molecular weight excluding hydrogens is 216 g/mol. The molecule has 0 spiro atoms. The molecule has 0 aliphatic carbocycles. The Morgan fingerprint density at radius 3 is 2.82 bits per heavy atom. The van der Waals surface area contributed by atoms with Crippen molar-refractivity contribution in [1.82, 2.24) is 20.1 Å². The molecule has 0 radical (unpaired) electrons. The molecule has 1 aromatic heterocycles. The van der Waals surface area contributed by atoms with Gasteiger partial charge in [0.1, 0.15) is 6.33 Å². The monoisotopic (exact) mass is 230 g/mol. The van der Waals surface area contributed by atoms with Crippen molar-refractivity contribution in [2.24, 2.45) is 0 Å². The molecule has 2 aromatic rings. The lowest BCUT2D eigenvalue weighted by atomic mass is 10.2. The Morgan fingerprint density at radius 2 is 2.12 bits per heavy atom. The molecule has 1 saturated heterocycles. The van der Waals surface area contributed by atoms with Gasteiger partial charge in [0.05, 0.1) is 12.1 Å². The fourth-order valence-electron chi connectivity index (χ4n) is 2.18. The second kappa shape index (κ2) is 4.27. The van der Waals surface area contributed by atoms with Gasteiger partial charge in [-0.2, -0.15) is 0 Å². The summed E-state index contributed by atoms with van der Waals surface area (Å²) in [4.78, 5) is 0. The van der Waals surface area contributed by atoms with Crippen LogP contribution in [0.3, 0.4) is 0 Å². The Morgan fingerprint density at radius 1 is 1.29 bits per heavy atom. The largest absolute Gasteiger partial charge is 0.392 e. The number of aliphatic hydroxyl groups is 1. The predicted octanol–water partition coefficient (Wildman–Crippen LogP) is 0.663. The molecule has 2 heterocycles. The van der Waals surface area contributed by atoms with E-state index in [1.54, 1.807) is 6.33 Å². The molecule has 3 rings (SSSR count). The standard InChI is InChI=1S/C12H14N4O/c17-10-6-11(13-7-10)12-15-14-8-16(12)9-4-2-1-3-5-9/h1-5,8,10-11,13,17H,6-7H2. The van der Waals surface area contributed by atoms with Crippen molar-refractivity contribution in [1.29, 1.82) is 0 Å². The minimum absolute atomic E-state index is 0.0766. The first kappa shape index (κ1) is 10.4. The SMILES string of the molecule is OC1CNC(c2nncn2-c2ccccc2)C1. The lowest BCUT2D eigenvalue weighted by molar-refractivity contribution is 0.193. The Labute approximate surface area is 99.1 Å². The highest BCUT2D eigenvalue weighted by Gasteiger charge is 2.27. The van der Waals surface area contributed by atoms with Crippen molar-refractivity contribution in [3.05, 3.63) is 42.5 Å². The maximum absolute atomic E-state index is 9.54. The van der Waals surface area contributed by atoms with E-state index in [-0.39, 0.29) is 12.1 Å². The zero-order valence-electron chi connectivity index (χ0n) is 9.32. The topological polar surface area (TPSA) is 63.0 Å². The molecule has 0 amide bonds. The lowest BCUT2D eigenvalue weighted by Crippen LogP contribution is -2.18.